The van der Waals surface area contributed by atoms with Crippen LogP contribution in [0.5, 0.6) is 0 Å². The van der Waals surface area contributed by atoms with Gasteiger partial charge in [0.2, 0.25) is 0 Å². The fourth-order valence-electron chi connectivity index (χ4n) is 3.15. The highest BCUT2D eigenvalue weighted by Crippen LogP contribution is 2.27. The molecule has 1 aromatic carbocycles. The van der Waals surface area contributed by atoms with Gasteiger partial charge < -0.3 is 5.32 Å². The van der Waals surface area contributed by atoms with Crippen LogP contribution < -0.4 is 5.32 Å². The summed E-state index contributed by atoms with van der Waals surface area (Å²) in [5.74, 6) is 0. The van der Waals surface area contributed by atoms with Crippen molar-refractivity contribution in [2.75, 3.05) is 6.54 Å². The van der Waals surface area contributed by atoms with E-state index in [4.69, 9.17) is 0 Å². The number of unbranched alkanes of at least 4 members (excludes halogenated alkanes) is 3. The molecule has 0 saturated carbocycles. The number of nitrogens with one attached hydrogen (secondary N) is 1. The van der Waals surface area contributed by atoms with Crippen LogP contribution in [0.25, 0.3) is 0 Å². The van der Waals surface area contributed by atoms with Crippen molar-refractivity contribution in [1.29, 1.82) is 0 Å². The molecule has 0 bridgehead atoms. The Balaban J connectivity index is 2.72. The van der Waals surface area contributed by atoms with Crippen LogP contribution in [-0.4, -0.2) is 6.54 Å². The van der Waals surface area contributed by atoms with E-state index >= 15 is 0 Å². The van der Waals surface area contributed by atoms with Gasteiger partial charge in [-0.2, -0.15) is 0 Å². The molecule has 0 heterocycles. The third kappa shape index (κ3) is 5.13. The molecular formula is C19H31N. The molecule has 0 fully saturated rings. The maximum absolute atomic E-state index is 3.79. The maximum atomic E-state index is 3.79. The van der Waals surface area contributed by atoms with Crippen molar-refractivity contribution < 1.29 is 0 Å². The van der Waals surface area contributed by atoms with E-state index in [-0.39, 0.29) is 0 Å². The highest BCUT2D eigenvalue weighted by atomic mass is 14.9. The van der Waals surface area contributed by atoms with Gasteiger partial charge in [-0.25, -0.2) is 0 Å². The summed E-state index contributed by atoms with van der Waals surface area (Å²) < 4.78 is 0. The smallest absolute Gasteiger partial charge is 0.0325 e. The SMILES string of the molecule is C=CCCCCCC(NCC)c1c(C)cc(C)cc1C. The summed E-state index contributed by atoms with van der Waals surface area (Å²) in [5.41, 5.74) is 5.74. The predicted molar refractivity (Wildman–Crippen MR) is 90.4 cm³/mol. The Morgan fingerprint density at radius 1 is 1.10 bits per heavy atom. The molecule has 0 aliphatic rings. The largest absolute Gasteiger partial charge is 0.310 e. The van der Waals surface area contributed by atoms with Gasteiger partial charge in [0.15, 0.2) is 0 Å². The topological polar surface area (TPSA) is 12.0 Å². The first-order chi connectivity index (χ1) is 9.60. The van der Waals surface area contributed by atoms with Crippen molar-refractivity contribution in [2.24, 2.45) is 0 Å². The molecule has 1 unspecified atom stereocenters. The number of hydrogen-bond donors (Lipinski definition) is 1. The monoisotopic (exact) mass is 273 g/mol. The summed E-state index contributed by atoms with van der Waals surface area (Å²) in [4.78, 5) is 0. The van der Waals surface area contributed by atoms with Crippen LogP contribution in [0, 0.1) is 20.8 Å². The molecule has 0 radical (unpaired) electrons. The molecule has 1 N–H and O–H groups in total. The second-order valence-electron chi connectivity index (χ2n) is 5.85. The van der Waals surface area contributed by atoms with Crippen molar-refractivity contribution in [3.05, 3.63) is 47.0 Å². The first kappa shape index (κ1) is 17.0. The molecule has 0 spiro atoms. The molecule has 1 atom stereocenters. The van der Waals surface area contributed by atoms with Crippen LogP contribution in [0.2, 0.25) is 0 Å². The summed E-state index contributed by atoms with van der Waals surface area (Å²) in [6, 6.07) is 5.12. The molecule has 0 aliphatic heterocycles. The van der Waals surface area contributed by atoms with Crippen molar-refractivity contribution in [1.82, 2.24) is 5.32 Å². The number of benzene rings is 1. The quantitative estimate of drug-likeness (QED) is 0.469. The van der Waals surface area contributed by atoms with E-state index in [1.165, 1.54) is 47.9 Å². The third-order valence-corrected chi connectivity index (χ3v) is 3.94. The van der Waals surface area contributed by atoms with Crippen LogP contribution in [0.1, 0.15) is 67.3 Å². The lowest BCUT2D eigenvalue weighted by molar-refractivity contribution is 0.480. The second kappa shape index (κ2) is 8.97. The van der Waals surface area contributed by atoms with Crippen molar-refractivity contribution >= 4 is 0 Å². The standard InChI is InChI=1S/C19H31N/c1-6-8-9-10-11-12-18(20-7-2)19-16(4)13-15(3)14-17(19)5/h6,13-14,18,20H,1,7-12H2,2-5H3. The number of rotatable bonds is 9. The minimum atomic E-state index is 0.504. The Morgan fingerprint density at radius 2 is 1.75 bits per heavy atom. The summed E-state index contributed by atoms with van der Waals surface area (Å²) in [7, 11) is 0. The molecule has 0 aliphatic carbocycles. The average Bonchev–Trinajstić information content (AvgIpc) is 2.37. The molecule has 0 aromatic heterocycles. The zero-order valence-electron chi connectivity index (χ0n) is 13.8. The lowest BCUT2D eigenvalue weighted by Crippen LogP contribution is -2.22. The van der Waals surface area contributed by atoms with Gasteiger partial charge >= 0.3 is 0 Å². The van der Waals surface area contributed by atoms with Crippen LogP contribution >= 0.6 is 0 Å². The lowest BCUT2D eigenvalue weighted by Gasteiger charge is -2.23. The minimum Gasteiger partial charge on any atom is -0.310 e. The molecule has 112 valence electrons. The van der Waals surface area contributed by atoms with E-state index in [1.54, 1.807) is 0 Å². The van der Waals surface area contributed by atoms with E-state index in [0.29, 0.717) is 6.04 Å². The average molecular weight is 273 g/mol. The van der Waals surface area contributed by atoms with Gasteiger partial charge in [-0.1, -0.05) is 43.5 Å². The van der Waals surface area contributed by atoms with Crippen molar-refractivity contribution in [2.45, 2.75) is 65.8 Å². The maximum Gasteiger partial charge on any atom is 0.0325 e. The molecule has 1 rings (SSSR count). The fraction of sp³-hybridized carbons (Fsp3) is 0.579. The van der Waals surface area contributed by atoms with Gasteiger partial charge in [-0.3, -0.25) is 0 Å². The van der Waals surface area contributed by atoms with E-state index in [0.717, 1.165) is 13.0 Å². The van der Waals surface area contributed by atoms with Crippen LogP contribution in [0.3, 0.4) is 0 Å². The molecule has 20 heavy (non-hydrogen) atoms. The van der Waals surface area contributed by atoms with Crippen LogP contribution in [-0.2, 0) is 0 Å². The molecule has 0 saturated heterocycles. The zero-order valence-corrected chi connectivity index (χ0v) is 13.8. The molecular weight excluding hydrogens is 242 g/mol. The summed E-state index contributed by atoms with van der Waals surface area (Å²) in [5, 5.41) is 3.67. The fourth-order valence-corrected chi connectivity index (χ4v) is 3.15. The van der Waals surface area contributed by atoms with Gasteiger partial charge in [0, 0.05) is 6.04 Å². The zero-order chi connectivity index (χ0) is 15.0. The van der Waals surface area contributed by atoms with Gasteiger partial charge in [-0.15, -0.1) is 6.58 Å². The van der Waals surface area contributed by atoms with E-state index in [9.17, 15) is 0 Å². The number of allylic oxidation sites excluding steroid dienone is 1. The number of aryl methyl sites for hydroxylation is 3. The van der Waals surface area contributed by atoms with Gasteiger partial charge in [0.05, 0.1) is 0 Å². The number of hydrogen-bond acceptors (Lipinski definition) is 1. The Labute approximate surface area is 125 Å². The Hall–Kier alpha value is -1.08. The first-order valence-electron chi connectivity index (χ1n) is 8.02. The highest BCUT2D eigenvalue weighted by Gasteiger charge is 2.15. The van der Waals surface area contributed by atoms with Gasteiger partial charge in [0.1, 0.15) is 0 Å². The van der Waals surface area contributed by atoms with E-state index in [2.05, 4.69) is 51.7 Å². The Bertz CT molecular complexity index is 397. The molecule has 1 nitrogen and oxygen atoms in total. The predicted octanol–water partition coefficient (Wildman–Crippen LogP) is 5.40. The molecule has 1 aromatic rings. The van der Waals surface area contributed by atoms with Crippen LogP contribution in [0.4, 0.5) is 0 Å². The van der Waals surface area contributed by atoms with Gasteiger partial charge in [-0.05, 0) is 63.3 Å². The van der Waals surface area contributed by atoms with Crippen molar-refractivity contribution in [3.8, 4) is 0 Å². The highest BCUT2D eigenvalue weighted by molar-refractivity contribution is 5.39. The lowest BCUT2D eigenvalue weighted by atomic mass is 9.91. The molecule has 1 heteroatoms. The summed E-state index contributed by atoms with van der Waals surface area (Å²) >= 11 is 0. The summed E-state index contributed by atoms with van der Waals surface area (Å²) in [6.45, 7) is 13.7. The third-order valence-electron chi connectivity index (χ3n) is 3.94. The first-order valence-corrected chi connectivity index (χ1v) is 8.02. The van der Waals surface area contributed by atoms with E-state index < -0.39 is 0 Å². The molecule has 0 amide bonds. The Kier molecular flexibility index (Phi) is 7.61. The minimum absolute atomic E-state index is 0.504. The normalized spacial score (nSPS) is 12.4. The van der Waals surface area contributed by atoms with Crippen LogP contribution in [0.15, 0.2) is 24.8 Å². The summed E-state index contributed by atoms with van der Waals surface area (Å²) in [6.07, 6.45) is 8.27. The Morgan fingerprint density at radius 3 is 2.30 bits per heavy atom. The van der Waals surface area contributed by atoms with Gasteiger partial charge in [0.25, 0.3) is 0 Å². The second-order valence-corrected chi connectivity index (χ2v) is 5.85. The van der Waals surface area contributed by atoms with Crippen molar-refractivity contribution in [3.63, 3.8) is 0 Å². The van der Waals surface area contributed by atoms with E-state index in [1.807, 2.05) is 6.08 Å².